The summed E-state index contributed by atoms with van der Waals surface area (Å²) < 4.78 is 47.8. The second-order valence-corrected chi connectivity index (χ2v) is 10.3. The molecule has 0 radical (unpaired) electrons. The van der Waals surface area contributed by atoms with Crippen molar-refractivity contribution in [3.05, 3.63) is 82.4 Å². The Morgan fingerprint density at radius 3 is 2.40 bits per heavy atom. The minimum atomic E-state index is -4.73. The fourth-order valence-electron chi connectivity index (χ4n) is 4.52. The van der Waals surface area contributed by atoms with Crippen molar-refractivity contribution in [3.63, 3.8) is 0 Å². The molecule has 0 spiro atoms. The average molecular weight is 573 g/mol. The molecule has 40 heavy (non-hydrogen) atoms. The third-order valence-electron chi connectivity index (χ3n) is 6.53. The molecule has 3 aromatic rings. The van der Waals surface area contributed by atoms with Gasteiger partial charge in [0.25, 0.3) is 0 Å². The minimum Gasteiger partial charge on any atom is -0.493 e. The molecule has 0 saturated carbocycles. The molecule has 0 atom stereocenters. The molecule has 0 aliphatic heterocycles. The van der Waals surface area contributed by atoms with Crippen LogP contribution in [0.3, 0.4) is 0 Å². The summed E-state index contributed by atoms with van der Waals surface area (Å²) in [5.74, 6) is -0.0249. The zero-order valence-corrected chi connectivity index (χ0v) is 23.3. The van der Waals surface area contributed by atoms with Gasteiger partial charge in [0.15, 0.2) is 11.5 Å². The number of carbonyl (C=O) groups excluding carboxylic acids is 1. The number of fused-ring (bicyclic) bond motifs is 1. The van der Waals surface area contributed by atoms with Crippen molar-refractivity contribution in [2.45, 2.75) is 19.9 Å². The van der Waals surface area contributed by atoms with Gasteiger partial charge in [0, 0.05) is 18.9 Å². The fraction of sp³-hybridized carbons (Fsp3) is 0.250. The molecule has 1 aliphatic rings. The second kappa shape index (κ2) is 12.1. The van der Waals surface area contributed by atoms with Gasteiger partial charge in [-0.2, -0.15) is 0 Å². The molecule has 2 aromatic carbocycles. The SMILES string of the molecule is COc1cc(/C=C2/C(C)=C(CC(=O)NCc3cccn3C)c3cc(F)ccc32)cc(OC)c1OCOP(=O)(O)O. The summed E-state index contributed by atoms with van der Waals surface area (Å²) in [5.41, 5.74) is 5.37. The van der Waals surface area contributed by atoms with E-state index in [2.05, 4.69) is 9.84 Å². The highest BCUT2D eigenvalue weighted by Gasteiger charge is 2.26. The van der Waals surface area contributed by atoms with E-state index in [9.17, 15) is 13.8 Å². The van der Waals surface area contributed by atoms with E-state index < -0.39 is 20.4 Å². The van der Waals surface area contributed by atoms with E-state index >= 15 is 0 Å². The third kappa shape index (κ3) is 6.63. The first-order valence-electron chi connectivity index (χ1n) is 12.2. The number of phosphoric ester groups is 1. The Balaban J connectivity index is 1.66. The largest absolute Gasteiger partial charge is 0.493 e. The van der Waals surface area contributed by atoms with E-state index in [1.165, 1.54) is 26.4 Å². The summed E-state index contributed by atoms with van der Waals surface area (Å²) in [7, 11) is -0.0115. The van der Waals surface area contributed by atoms with Crippen LogP contribution in [0.1, 0.15) is 35.7 Å². The molecule has 0 unspecified atom stereocenters. The van der Waals surface area contributed by atoms with Crippen molar-refractivity contribution in [1.82, 2.24) is 9.88 Å². The van der Waals surface area contributed by atoms with Gasteiger partial charge in [0.05, 0.1) is 27.2 Å². The van der Waals surface area contributed by atoms with Crippen LogP contribution in [0.15, 0.2) is 54.2 Å². The van der Waals surface area contributed by atoms with Gasteiger partial charge in [-0.05, 0) is 82.8 Å². The summed E-state index contributed by atoms with van der Waals surface area (Å²) in [4.78, 5) is 30.7. The number of phosphoric acid groups is 1. The molecule has 1 aliphatic carbocycles. The Kier molecular flexibility index (Phi) is 8.80. The van der Waals surface area contributed by atoms with Crippen molar-refractivity contribution in [2.75, 3.05) is 21.0 Å². The lowest BCUT2D eigenvalue weighted by molar-refractivity contribution is -0.120. The monoisotopic (exact) mass is 572 g/mol. The maximum Gasteiger partial charge on any atom is 0.472 e. The summed E-state index contributed by atoms with van der Waals surface area (Å²) in [6.45, 7) is 1.53. The molecule has 0 bridgehead atoms. The number of ether oxygens (including phenoxy) is 3. The van der Waals surface area contributed by atoms with E-state index in [0.29, 0.717) is 17.7 Å². The number of aromatic nitrogens is 1. The van der Waals surface area contributed by atoms with Crippen molar-refractivity contribution >= 4 is 31.0 Å². The zero-order chi connectivity index (χ0) is 29.0. The van der Waals surface area contributed by atoms with Crippen LogP contribution in [-0.2, 0) is 27.5 Å². The van der Waals surface area contributed by atoms with E-state index in [-0.39, 0.29) is 29.6 Å². The maximum absolute atomic E-state index is 14.3. The fourth-order valence-corrected chi connectivity index (χ4v) is 4.71. The van der Waals surface area contributed by atoms with Gasteiger partial charge in [-0.1, -0.05) is 6.07 Å². The van der Waals surface area contributed by atoms with Gasteiger partial charge in [-0.3, -0.25) is 4.79 Å². The van der Waals surface area contributed by atoms with Gasteiger partial charge in [-0.15, -0.1) is 0 Å². The summed E-state index contributed by atoms with van der Waals surface area (Å²) in [6.07, 6.45) is 3.84. The zero-order valence-electron chi connectivity index (χ0n) is 22.4. The Morgan fingerprint density at radius 2 is 1.80 bits per heavy atom. The third-order valence-corrected chi connectivity index (χ3v) is 6.97. The maximum atomic E-state index is 14.3. The predicted molar refractivity (Wildman–Crippen MR) is 147 cm³/mol. The summed E-state index contributed by atoms with van der Waals surface area (Å²) >= 11 is 0. The van der Waals surface area contributed by atoms with E-state index in [0.717, 1.165) is 28.0 Å². The highest BCUT2D eigenvalue weighted by atomic mass is 31.2. The molecule has 4 rings (SSSR count). The lowest BCUT2D eigenvalue weighted by Crippen LogP contribution is -2.23. The van der Waals surface area contributed by atoms with Crippen LogP contribution in [0, 0.1) is 5.82 Å². The lowest BCUT2D eigenvalue weighted by atomic mass is 10.00. The first-order valence-corrected chi connectivity index (χ1v) is 13.7. The van der Waals surface area contributed by atoms with Crippen LogP contribution >= 0.6 is 7.82 Å². The van der Waals surface area contributed by atoms with Crippen LogP contribution in [0.5, 0.6) is 17.2 Å². The number of amides is 1. The Bertz CT molecular complexity index is 1510. The predicted octanol–water partition coefficient (Wildman–Crippen LogP) is 4.66. The van der Waals surface area contributed by atoms with Crippen LogP contribution < -0.4 is 19.5 Å². The van der Waals surface area contributed by atoms with Crippen LogP contribution in [0.2, 0.25) is 0 Å². The number of allylic oxidation sites excluding steroid dienone is 2. The first kappa shape index (κ1) is 29.1. The van der Waals surface area contributed by atoms with E-state index in [4.69, 9.17) is 24.0 Å². The average Bonchev–Trinajstić information content (AvgIpc) is 3.42. The molecule has 10 nitrogen and oxygen atoms in total. The molecule has 12 heteroatoms. The van der Waals surface area contributed by atoms with Gasteiger partial charge in [0.1, 0.15) is 5.82 Å². The van der Waals surface area contributed by atoms with Crippen molar-refractivity contribution in [2.24, 2.45) is 7.05 Å². The van der Waals surface area contributed by atoms with Gasteiger partial charge < -0.3 is 33.9 Å². The molecule has 1 amide bonds. The molecular weight excluding hydrogens is 542 g/mol. The number of hydrogen-bond acceptors (Lipinski definition) is 6. The number of methoxy groups -OCH3 is 2. The summed E-state index contributed by atoms with van der Waals surface area (Å²) in [5, 5.41) is 2.93. The molecule has 1 aromatic heterocycles. The first-order chi connectivity index (χ1) is 19.0. The van der Waals surface area contributed by atoms with Crippen molar-refractivity contribution in [1.29, 1.82) is 0 Å². The number of aryl methyl sites for hydroxylation is 1. The number of halogens is 1. The molecular formula is C28H30FN2O8P. The molecule has 0 fully saturated rings. The number of benzene rings is 2. The lowest BCUT2D eigenvalue weighted by Gasteiger charge is -2.16. The smallest absolute Gasteiger partial charge is 0.472 e. The number of rotatable bonds is 11. The number of nitrogens with zero attached hydrogens (tertiary/aromatic N) is 1. The second-order valence-electron chi connectivity index (χ2n) is 9.05. The molecule has 212 valence electrons. The highest BCUT2D eigenvalue weighted by Crippen LogP contribution is 2.46. The standard InChI is InChI=1S/C28H30FN2O8P/c1-17-22(10-18-11-25(36-3)28(26(12-18)37-4)38-16-39-40(33,34)35)21-8-7-19(29)13-24(21)23(17)14-27(32)30-15-20-6-5-9-31(20)2/h5-13H,14-16H2,1-4H3,(H,30,32)(H2,33,34,35)/b22-10-. The number of carbonyl (C=O) groups is 1. The van der Waals surface area contributed by atoms with Crippen molar-refractivity contribution in [3.8, 4) is 17.2 Å². The Labute approximate surface area is 230 Å². The van der Waals surface area contributed by atoms with Crippen molar-refractivity contribution < 1.29 is 42.3 Å². The summed E-state index contributed by atoms with van der Waals surface area (Å²) in [6, 6.07) is 11.6. The van der Waals surface area contributed by atoms with Crippen LogP contribution in [0.25, 0.3) is 17.2 Å². The normalized spacial score (nSPS) is 13.9. The van der Waals surface area contributed by atoms with E-state index in [1.807, 2.05) is 42.9 Å². The molecule has 1 heterocycles. The van der Waals surface area contributed by atoms with Crippen LogP contribution in [-0.4, -0.2) is 41.3 Å². The van der Waals surface area contributed by atoms with Gasteiger partial charge >= 0.3 is 7.82 Å². The molecule has 0 saturated heterocycles. The van der Waals surface area contributed by atoms with E-state index in [1.54, 1.807) is 18.2 Å². The van der Waals surface area contributed by atoms with Crippen LogP contribution in [0.4, 0.5) is 4.39 Å². The molecule has 3 N–H and O–H groups in total. The quantitative estimate of drug-likeness (QED) is 0.224. The Hall–Kier alpha value is -3.89. The van der Waals surface area contributed by atoms with Gasteiger partial charge in [-0.25, -0.2) is 13.5 Å². The number of hydrogen-bond donors (Lipinski definition) is 3. The minimum absolute atomic E-state index is 0.0725. The highest BCUT2D eigenvalue weighted by molar-refractivity contribution is 7.46. The van der Waals surface area contributed by atoms with Gasteiger partial charge in [0.2, 0.25) is 18.4 Å². The number of nitrogens with one attached hydrogen (secondary N) is 1. The topological polar surface area (TPSA) is 128 Å². The Morgan fingerprint density at radius 1 is 1.10 bits per heavy atom.